The Morgan fingerprint density at radius 1 is 1.75 bits per heavy atom. The molecule has 0 bridgehead atoms. The number of nitrogens with zero attached hydrogens (tertiary/aromatic N) is 1. The van der Waals surface area contributed by atoms with Gasteiger partial charge in [-0.15, -0.1) is 0 Å². The van der Waals surface area contributed by atoms with Gasteiger partial charge in [0.05, 0.1) is 22.9 Å². The minimum Gasteiger partial charge on any atom is -0.438 e. The van der Waals surface area contributed by atoms with Crippen molar-refractivity contribution in [3.8, 4) is 0 Å². The van der Waals surface area contributed by atoms with Crippen molar-refractivity contribution in [2.24, 2.45) is 0 Å². The van der Waals surface area contributed by atoms with Crippen molar-refractivity contribution in [1.29, 1.82) is 0 Å². The zero-order valence-electron chi connectivity index (χ0n) is 6.00. The van der Waals surface area contributed by atoms with E-state index in [1.54, 1.807) is 6.20 Å². The second-order valence-corrected chi connectivity index (χ2v) is 3.26. The molecule has 1 amide bonds. The van der Waals surface area contributed by atoms with Crippen molar-refractivity contribution >= 4 is 22.0 Å². The number of carbonyl (C=O) groups is 1. The zero-order valence-corrected chi connectivity index (χ0v) is 7.59. The lowest BCUT2D eigenvalue weighted by atomic mass is 10.3. The van der Waals surface area contributed by atoms with Gasteiger partial charge < -0.3 is 10.1 Å². The molecular weight excluding hydrogens is 226 g/mol. The highest BCUT2D eigenvalue weighted by Gasteiger charge is 2.26. The summed E-state index contributed by atoms with van der Waals surface area (Å²) < 4.78 is 5.76. The van der Waals surface area contributed by atoms with Gasteiger partial charge >= 0.3 is 6.09 Å². The predicted molar refractivity (Wildman–Crippen MR) is 43.5 cm³/mol. The van der Waals surface area contributed by atoms with Gasteiger partial charge in [0, 0.05) is 0 Å². The molecular formula is C6H6BrN3O2. The van der Waals surface area contributed by atoms with E-state index in [4.69, 9.17) is 4.74 Å². The van der Waals surface area contributed by atoms with Crippen molar-refractivity contribution in [1.82, 2.24) is 15.5 Å². The molecule has 1 aromatic rings. The van der Waals surface area contributed by atoms with Crippen LogP contribution in [0.1, 0.15) is 11.8 Å². The first kappa shape index (κ1) is 7.60. The summed E-state index contributed by atoms with van der Waals surface area (Å²) in [4.78, 5) is 10.7. The van der Waals surface area contributed by atoms with E-state index in [0.717, 1.165) is 10.2 Å². The molecule has 64 valence electrons. The lowest BCUT2D eigenvalue weighted by Crippen LogP contribution is -2.12. The normalized spacial score (nSPS) is 22.1. The Hall–Kier alpha value is -1.04. The molecule has 0 spiro atoms. The van der Waals surface area contributed by atoms with E-state index in [-0.39, 0.29) is 12.2 Å². The number of aromatic nitrogens is 2. The number of nitrogens with one attached hydrogen (secondary N) is 2. The number of alkyl carbamates (subject to hydrolysis) is 1. The SMILES string of the molecule is O=C1NCC(c2[nH]ncc2Br)O1. The molecule has 0 saturated carbocycles. The molecule has 1 unspecified atom stereocenters. The number of ether oxygens (including phenoxy) is 1. The van der Waals surface area contributed by atoms with Crippen LogP contribution in [-0.4, -0.2) is 22.8 Å². The molecule has 1 aliphatic rings. The van der Waals surface area contributed by atoms with Crippen LogP contribution in [0.15, 0.2) is 10.7 Å². The van der Waals surface area contributed by atoms with E-state index < -0.39 is 0 Å². The third kappa shape index (κ3) is 1.18. The molecule has 0 aromatic carbocycles. The van der Waals surface area contributed by atoms with E-state index >= 15 is 0 Å². The molecule has 1 atom stereocenters. The number of aromatic amines is 1. The maximum absolute atomic E-state index is 10.7. The first-order chi connectivity index (χ1) is 5.77. The van der Waals surface area contributed by atoms with Crippen LogP contribution in [0.25, 0.3) is 0 Å². The standard InChI is InChI=1S/C6H6BrN3O2/c7-3-1-9-10-5(3)4-2-8-6(11)12-4/h1,4H,2H2,(H,8,11)(H,9,10). The first-order valence-corrected chi connectivity index (χ1v) is 4.20. The summed E-state index contributed by atoms with van der Waals surface area (Å²) in [6, 6.07) is 0. The Morgan fingerprint density at radius 3 is 3.08 bits per heavy atom. The van der Waals surface area contributed by atoms with Crippen LogP contribution in [0.3, 0.4) is 0 Å². The highest BCUT2D eigenvalue weighted by atomic mass is 79.9. The summed E-state index contributed by atoms with van der Waals surface area (Å²) in [5.74, 6) is 0. The summed E-state index contributed by atoms with van der Waals surface area (Å²) in [5, 5.41) is 9.11. The number of carbonyl (C=O) groups excluding carboxylic acids is 1. The number of rotatable bonds is 1. The largest absolute Gasteiger partial charge is 0.438 e. The molecule has 1 saturated heterocycles. The molecule has 0 radical (unpaired) electrons. The summed E-state index contributed by atoms with van der Waals surface area (Å²) in [6.07, 6.45) is 0.984. The van der Waals surface area contributed by atoms with Crippen molar-refractivity contribution in [2.75, 3.05) is 6.54 Å². The Labute approximate surface area is 76.6 Å². The number of hydrogen-bond donors (Lipinski definition) is 2. The number of halogens is 1. The molecule has 2 heterocycles. The smallest absolute Gasteiger partial charge is 0.408 e. The lowest BCUT2D eigenvalue weighted by molar-refractivity contribution is 0.138. The fourth-order valence-corrected chi connectivity index (χ4v) is 1.50. The van der Waals surface area contributed by atoms with E-state index in [1.165, 1.54) is 0 Å². The Balaban J connectivity index is 2.21. The summed E-state index contributed by atoms with van der Waals surface area (Å²) in [5.41, 5.74) is 0.786. The van der Waals surface area contributed by atoms with Crippen LogP contribution in [0, 0.1) is 0 Å². The highest BCUT2D eigenvalue weighted by Crippen LogP contribution is 2.25. The van der Waals surface area contributed by atoms with Gasteiger partial charge in [0.25, 0.3) is 0 Å². The van der Waals surface area contributed by atoms with Gasteiger partial charge in [-0.25, -0.2) is 4.79 Å². The van der Waals surface area contributed by atoms with E-state index in [0.29, 0.717) is 6.54 Å². The monoisotopic (exact) mass is 231 g/mol. The van der Waals surface area contributed by atoms with Gasteiger partial charge in [-0.1, -0.05) is 0 Å². The third-order valence-corrected chi connectivity index (χ3v) is 2.26. The summed E-state index contributed by atoms with van der Waals surface area (Å²) in [6.45, 7) is 0.486. The third-order valence-electron chi connectivity index (χ3n) is 1.62. The summed E-state index contributed by atoms with van der Waals surface area (Å²) in [7, 11) is 0. The molecule has 0 aliphatic carbocycles. The average molecular weight is 232 g/mol. The minimum absolute atomic E-state index is 0.255. The van der Waals surface area contributed by atoms with Crippen LogP contribution in [0.2, 0.25) is 0 Å². The van der Waals surface area contributed by atoms with Gasteiger partial charge in [-0.2, -0.15) is 5.10 Å². The van der Waals surface area contributed by atoms with Crippen molar-refractivity contribution < 1.29 is 9.53 Å². The van der Waals surface area contributed by atoms with Gasteiger partial charge in [0.15, 0.2) is 6.10 Å². The maximum Gasteiger partial charge on any atom is 0.408 e. The number of H-pyrrole nitrogens is 1. The van der Waals surface area contributed by atoms with Crippen LogP contribution in [-0.2, 0) is 4.74 Å². The predicted octanol–water partition coefficient (Wildman–Crippen LogP) is 0.953. The topological polar surface area (TPSA) is 67.0 Å². The Morgan fingerprint density at radius 2 is 2.58 bits per heavy atom. The number of amides is 1. The molecule has 1 fully saturated rings. The maximum atomic E-state index is 10.7. The van der Waals surface area contributed by atoms with Gasteiger partial charge in [0.1, 0.15) is 0 Å². The average Bonchev–Trinajstić information content (AvgIpc) is 2.58. The van der Waals surface area contributed by atoms with Crippen LogP contribution < -0.4 is 5.32 Å². The molecule has 12 heavy (non-hydrogen) atoms. The van der Waals surface area contributed by atoms with Crippen molar-refractivity contribution in [2.45, 2.75) is 6.10 Å². The van der Waals surface area contributed by atoms with Crippen molar-refractivity contribution in [3.05, 3.63) is 16.4 Å². The zero-order chi connectivity index (χ0) is 8.55. The lowest BCUT2D eigenvalue weighted by Gasteiger charge is -2.03. The fraction of sp³-hybridized carbons (Fsp3) is 0.333. The van der Waals surface area contributed by atoms with Crippen LogP contribution >= 0.6 is 15.9 Å². The second kappa shape index (κ2) is 2.78. The minimum atomic E-state index is -0.387. The molecule has 1 aliphatic heterocycles. The van der Waals surface area contributed by atoms with E-state index in [1.807, 2.05) is 0 Å². The number of hydrogen-bond acceptors (Lipinski definition) is 3. The van der Waals surface area contributed by atoms with Gasteiger partial charge in [0.2, 0.25) is 0 Å². The van der Waals surface area contributed by atoms with Crippen molar-refractivity contribution in [3.63, 3.8) is 0 Å². The quantitative estimate of drug-likeness (QED) is 0.757. The van der Waals surface area contributed by atoms with E-state index in [9.17, 15) is 4.79 Å². The second-order valence-electron chi connectivity index (χ2n) is 2.41. The molecule has 2 N–H and O–H groups in total. The van der Waals surface area contributed by atoms with Gasteiger partial charge in [-0.3, -0.25) is 5.10 Å². The van der Waals surface area contributed by atoms with Crippen LogP contribution in [0.5, 0.6) is 0 Å². The highest BCUT2D eigenvalue weighted by molar-refractivity contribution is 9.10. The first-order valence-electron chi connectivity index (χ1n) is 3.40. The molecule has 6 heteroatoms. The Kier molecular flexibility index (Phi) is 1.76. The fourth-order valence-electron chi connectivity index (χ4n) is 1.06. The molecule has 1 aromatic heterocycles. The van der Waals surface area contributed by atoms with Crippen LogP contribution in [0.4, 0.5) is 4.79 Å². The summed E-state index contributed by atoms with van der Waals surface area (Å²) >= 11 is 3.28. The Bertz CT molecular complexity index is 311. The molecule has 5 nitrogen and oxygen atoms in total. The van der Waals surface area contributed by atoms with E-state index in [2.05, 4.69) is 31.4 Å². The number of cyclic esters (lactones) is 1. The van der Waals surface area contributed by atoms with Gasteiger partial charge in [-0.05, 0) is 15.9 Å². The molecule has 2 rings (SSSR count).